The number of benzene rings is 3. The van der Waals surface area contributed by atoms with E-state index in [0.717, 1.165) is 5.56 Å². The fourth-order valence-corrected chi connectivity index (χ4v) is 4.75. The molecule has 0 aliphatic carbocycles. The molecule has 0 spiro atoms. The SMILES string of the molecule is COc1ccc(-c2nc(CS(=O)(=O)c3ccc(CCNC[C@H](O)COc4ccc(O)cc4)cc3)no2)cc1. The molecule has 3 aromatic carbocycles. The van der Waals surface area contributed by atoms with Crippen LogP contribution in [0.5, 0.6) is 17.2 Å². The highest BCUT2D eigenvalue weighted by molar-refractivity contribution is 7.90. The number of hydrogen-bond acceptors (Lipinski definition) is 10. The molecule has 0 unspecified atom stereocenters. The second kappa shape index (κ2) is 12.5. The number of aromatic hydroxyl groups is 1. The Balaban J connectivity index is 1.22. The van der Waals surface area contributed by atoms with E-state index < -0.39 is 15.9 Å². The summed E-state index contributed by atoms with van der Waals surface area (Å²) in [6.45, 7) is 1.05. The van der Waals surface area contributed by atoms with Gasteiger partial charge in [0.1, 0.15) is 35.7 Å². The van der Waals surface area contributed by atoms with Gasteiger partial charge in [-0.1, -0.05) is 17.3 Å². The van der Waals surface area contributed by atoms with E-state index in [1.54, 1.807) is 67.8 Å². The van der Waals surface area contributed by atoms with Crippen LogP contribution in [0.3, 0.4) is 0 Å². The van der Waals surface area contributed by atoms with Gasteiger partial charge in [0.15, 0.2) is 15.7 Å². The van der Waals surface area contributed by atoms with E-state index in [2.05, 4.69) is 15.5 Å². The van der Waals surface area contributed by atoms with Crippen LogP contribution in [0.2, 0.25) is 0 Å². The number of nitrogens with one attached hydrogen (secondary N) is 1. The molecule has 10 nitrogen and oxygen atoms in total. The zero-order chi connectivity index (χ0) is 27.0. The summed E-state index contributed by atoms with van der Waals surface area (Å²) in [6.07, 6.45) is -0.0474. The van der Waals surface area contributed by atoms with E-state index in [-0.39, 0.29) is 34.7 Å². The molecule has 0 saturated heterocycles. The Labute approximate surface area is 220 Å². The summed E-state index contributed by atoms with van der Waals surface area (Å²) in [5, 5.41) is 26.3. The minimum Gasteiger partial charge on any atom is -0.508 e. The molecule has 4 aromatic rings. The van der Waals surface area contributed by atoms with E-state index in [4.69, 9.17) is 14.0 Å². The van der Waals surface area contributed by atoms with Gasteiger partial charge < -0.3 is 29.5 Å². The third-order valence-corrected chi connectivity index (χ3v) is 7.28. The maximum Gasteiger partial charge on any atom is 0.257 e. The predicted octanol–water partition coefficient (Wildman–Crippen LogP) is 3.00. The molecule has 0 amide bonds. The maximum atomic E-state index is 12.9. The van der Waals surface area contributed by atoms with Gasteiger partial charge in [0, 0.05) is 12.1 Å². The first kappa shape index (κ1) is 27.1. The fraction of sp³-hybridized carbons (Fsp3) is 0.259. The number of hydrogen-bond donors (Lipinski definition) is 3. The third kappa shape index (κ3) is 7.54. The first-order chi connectivity index (χ1) is 18.3. The molecular formula is C27H29N3O7S. The van der Waals surface area contributed by atoms with Gasteiger partial charge in [-0.25, -0.2) is 8.42 Å². The number of aromatic nitrogens is 2. The number of sulfone groups is 1. The second-order valence-electron chi connectivity index (χ2n) is 8.56. The van der Waals surface area contributed by atoms with E-state index in [1.807, 2.05) is 0 Å². The van der Waals surface area contributed by atoms with Gasteiger partial charge in [-0.15, -0.1) is 0 Å². The van der Waals surface area contributed by atoms with Crippen LogP contribution < -0.4 is 14.8 Å². The first-order valence-electron chi connectivity index (χ1n) is 11.9. The largest absolute Gasteiger partial charge is 0.508 e. The van der Waals surface area contributed by atoms with Crippen LogP contribution >= 0.6 is 0 Å². The molecule has 0 aliphatic rings. The molecule has 4 rings (SSSR count). The van der Waals surface area contributed by atoms with Crippen molar-refractivity contribution in [1.82, 2.24) is 15.5 Å². The van der Waals surface area contributed by atoms with Crippen LogP contribution in [-0.2, 0) is 22.0 Å². The average molecular weight is 540 g/mol. The average Bonchev–Trinajstić information content (AvgIpc) is 3.39. The normalized spacial score (nSPS) is 12.3. The Morgan fingerprint density at radius 2 is 1.66 bits per heavy atom. The lowest BCUT2D eigenvalue weighted by atomic mass is 10.1. The van der Waals surface area contributed by atoms with E-state index in [9.17, 15) is 18.6 Å². The molecule has 0 aliphatic heterocycles. The molecule has 1 atom stereocenters. The maximum absolute atomic E-state index is 12.9. The van der Waals surface area contributed by atoms with Gasteiger partial charge >= 0.3 is 0 Å². The standard InChI is InChI=1S/C27H29N3O7S/c1-35-23-8-4-20(5-9-23)27-29-26(30-37-27)18-38(33,34)25-12-2-19(3-13-25)14-15-28-16-22(32)17-36-24-10-6-21(31)7-11-24/h2-13,22,28,31-32H,14-18H2,1H3/t22-/m0/s1. The van der Waals surface area contributed by atoms with Crippen molar-refractivity contribution in [2.24, 2.45) is 0 Å². The van der Waals surface area contributed by atoms with Crippen LogP contribution in [0.25, 0.3) is 11.5 Å². The van der Waals surface area contributed by atoms with E-state index in [0.29, 0.717) is 36.6 Å². The van der Waals surface area contributed by atoms with E-state index in [1.165, 1.54) is 12.1 Å². The van der Waals surface area contributed by atoms with Gasteiger partial charge in [0.25, 0.3) is 5.89 Å². The highest BCUT2D eigenvalue weighted by Crippen LogP contribution is 2.22. The number of aliphatic hydroxyl groups excluding tert-OH is 1. The lowest BCUT2D eigenvalue weighted by molar-refractivity contribution is 0.106. The van der Waals surface area contributed by atoms with E-state index >= 15 is 0 Å². The van der Waals surface area contributed by atoms with Crippen LogP contribution in [0.1, 0.15) is 11.4 Å². The summed E-state index contributed by atoms with van der Waals surface area (Å²) in [6, 6.07) is 20.0. The van der Waals surface area contributed by atoms with Crippen molar-refractivity contribution in [2.75, 3.05) is 26.8 Å². The van der Waals surface area contributed by atoms with Gasteiger partial charge in [-0.2, -0.15) is 4.98 Å². The van der Waals surface area contributed by atoms with Crippen molar-refractivity contribution in [3.8, 4) is 28.7 Å². The minimum absolute atomic E-state index is 0.0806. The van der Waals surface area contributed by atoms with Crippen LogP contribution in [0.4, 0.5) is 0 Å². The van der Waals surface area contributed by atoms with Crippen LogP contribution in [0.15, 0.2) is 82.2 Å². The van der Waals surface area contributed by atoms with Crippen molar-refractivity contribution in [2.45, 2.75) is 23.2 Å². The molecule has 0 fully saturated rings. The van der Waals surface area contributed by atoms with Crippen molar-refractivity contribution in [3.05, 3.63) is 84.2 Å². The fourth-order valence-electron chi connectivity index (χ4n) is 3.58. The number of aliphatic hydroxyl groups is 1. The Kier molecular flexibility index (Phi) is 8.95. The number of ether oxygens (including phenoxy) is 2. The Morgan fingerprint density at radius 1 is 0.974 bits per heavy atom. The van der Waals surface area contributed by atoms with Crippen molar-refractivity contribution >= 4 is 9.84 Å². The zero-order valence-electron chi connectivity index (χ0n) is 20.8. The highest BCUT2D eigenvalue weighted by atomic mass is 32.2. The molecule has 1 aromatic heterocycles. The van der Waals surface area contributed by atoms with Gasteiger partial charge in [0.2, 0.25) is 0 Å². The smallest absolute Gasteiger partial charge is 0.257 e. The monoisotopic (exact) mass is 539 g/mol. The topological polar surface area (TPSA) is 144 Å². The molecule has 3 N–H and O–H groups in total. The zero-order valence-corrected chi connectivity index (χ0v) is 21.6. The molecular weight excluding hydrogens is 510 g/mol. The lowest BCUT2D eigenvalue weighted by Crippen LogP contribution is -2.32. The summed E-state index contributed by atoms with van der Waals surface area (Å²) in [7, 11) is -2.09. The second-order valence-corrected chi connectivity index (χ2v) is 10.5. The van der Waals surface area contributed by atoms with Crippen molar-refractivity contribution < 1.29 is 32.6 Å². The number of phenols is 1. The highest BCUT2D eigenvalue weighted by Gasteiger charge is 2.20. The molecule has 38 heavy (non-hydrogen) atoms. The predicted molar refractivity (Wildman–Crippen MR) is 140 cm³/mol. The molecule has 200 valence electrons. The first-order valence-corrected chi connectivity index (χ1v) is 13.6. The van der Waals surface area contributed by atoms with Crippen molar-refractivity contribution in [1.29, 1.82) is 0 Å². The number of rotatable bonds is 13. The summed E-state index contributed by atoms with van der Waals surface area (Å²) in [4.78, 5) is 4.39. The summed E-state index contributed by atoms with van der Waals surface area (Å²) < 4.78 is 41.5. The van der Waals surface area contributed by atoms with Crippen molar-refractivity contribution in [3.63, 3.8) is 0 Å². The van der Waals surface area contributed by atoms with Gasteiger partial charge in [0.05, 0.1) is 12.0 Å². The number of nitrogens with zero attached hydrogens (tertiary/aromatic N) is 2. The third-order valence-electron chi connectivity index (χ3n) is 5.66. The summed E-state index contributed by atoms with van der Waals surface area (Å²) in [5.41, 5.74) is 1.62. The Morgan fingerprint density at radius 3 is 2.34 bits per heavy atom. The molecule has 1 heterocycles. The quantitative estimate of drug-likeness (QED) is 0.217. The number of phenolic OH excluding ortho intramolecular Hbond substituents is 1. The molecule has 0 radical (unpaired) electrons. The van der Waals surface area contributed by atoms with Gasteiger partial charge in [-0.3, -0.25) is 0 Å². The Bertz CT molecular complexity index is 1400. The van der Waals surface area contributed by atoms with Gasteiger partial charge in [-0.05, 0) is 79.2 Å². The lowest BCUT2D eigenvalue weighted by Gasteiger charge is -2.13. The summed E-state index contributed by atoms with van der Waals surface area (Å²) >= 11 is 0. The Hall–Kier alpha value is -3.93. The summed E-state index contributed by atoms with van der Waals surface area (Å²) in [5.74, 6) is 1.34. The van der Waals surface area contributed by atoms with Crippen LogP contribution in [-0.4, -0.2) is 61.7 Å². The molecule has 0 bridgehead atoms. The number of methoxy groups -OCH3 is 1. The molecule has 0 saturated carbocycles. The minimum atomic E-state index is -3.66. The van der Waals surface area contributed by atoms with Crippen LogP contribution in [0, 0.1) is 0 Å². The molecule has 11 heteroatoms.